The number of ether oxygens (including phenoxy) is 1. The zero-order chi connectivity index (χ0) is 16.7. The van der Waals surface area contributed by atoms with E-state index in [1.54, 1.807) is 17.0 Å². The highest BCUT2D eigenvalue weighted by Crippen LogP contribution is 2.29. The Hall–Kier alpha value is -2.95. The summed E-state index contributed by atoms with van der Waals surface area (Å²) in [5.41, 5.74) is 3.64. The van der Waals surface area contributed by atoms with Gasteiger partial charge in [-0.15, -0.1) is 0 Å². The second kappa shape index (κ2) is 5.60. The first-order chi connectivity index (χ1) is 11.6. The van der Waals surface area contributed by atoms with Gasteiger partial charge in [0.25, 0.3) is 0 Å². The number of halogens is 1. The van der Waals surface area contributed by atoms with Crippen LogP contribution in [0.5, 0.6) is 5.88 Å². The quantitative estimate of drug-likeness (QED) is 0.710. The Morgan fingerprint density at radius 3 is 2.75 bits per heavy atom. The lowest BCUT2D eigenvalue weighted by molar-refractivity contribution is 0.133. The molecule has 0 spiro atoms. The highest BCUT2D eigenvalue weighted by atomic mass is 19.1. The molecule has 0 saturated carbocycles. The lowest BCUT2D eigenvalue weighted by Gasteiger charge is -2.27. The van der Waals surface area contributed by atoms with E-state index >= 15 is 0 Å². The number of nitrogens with zero attached hydrogens (tertiary/aromatic N) is 2. The summed E-state index contributed by atoms with van der Waals surface area (Å²) in [5.74, 6) is 0.0738. The predicted octanol–water partition coefficient (Wildman–Crippen LogP) is 4.20. The fourth-order valence-corrected chi connectivity index (χ4v) is 2.85. The van der Waals surface area contributed by atoms with Gasteiger partial charge in [0.1, 0.15) is 5.82 Å². The Labute approximate surface area is 138 Å². The van der Waals surface area contributed by atoms with E-state index < -0.39 is 6.09 Å². The van der Waals surface area contributed by atoms with Gasteiger partial charge in [0, 0.05) is 17.5 Å². The SMILES string of the molecule is Cc1ccc2cc3c(nc2c1)OC(=O)N(Cc1ccc(F)cc1)C3. The Morgan fingerprint density at radius 1 is 1.17 bits per heavy atom. The largest absolute Gasteiger partial charge is 0.417 e. The Bertz CT molecular complexity index is 938. The van der Waals surface area contributed by atoms with Gasteiger partial charge in [0.05, 0.1) is 12.1 Å². The van der Waals surface area contributed by atoms with E-state index in [-0.39, 0.29) is 5.82 Å². The zero-order valence-electron chi connectivity index (χ0n) is 13.1. The molecule has 1 aliphatic heterocycles. The summed E-state index contributed by atoms with van der Waals surface area (Å²) in [5, 5.41) is 1.01. The van der Waals surface area contributed by atoms with Gasteiger partial charge in [-0.2, -0.15) is 0 Å². The predicted molar refractivity (Wildman–Crippen MR) is 88.2 cm³/mol. The lowest BCUT2D eigenvalue weighted by Crippen LogP contribution is -2.36. The highest BCUT2D eigenvalue weighted by molar-refractivity contribution is 5.82. The standard InChI is InChI=1S/C19H15FN2O2/c1-12-2-5-14-9-15-11-22(10-13-3-6-16(20)7-4-13)19(23)24-18(15)21-17(14)8-12/h2-9H,10-11H2,1H3. The molecule has 0 radical (unpaired) electrons. The van der Waals surface area contributed by atoms with Crippen LogP contribution in [0, 0.1) is 12.7 Å². The normalized spacial score (nSPS) is 13.8. The molecule has 0 fully saturated rings. The van der Waals surface area contributed by atoms with Gasteiger partial charge in [-0.25, -0.2) is 14.2 Å². The molecule has 5 heteroatoms. The Balaban J connectivity index is 1.64. The first-order valence-corrected chi connectivity index (χ1v) is 7.70. The van der Waals surface area contributed by atoms with Crippen molar-refractivity contribution in [3.63, 3.8) is 0 Å². The van der Waals surface area contributed by atoms with Crippen molar-refractivity contribution in [2.45, 2.75) is 20.0 Å². The van der Waals surface area contributed by atoms with Gasteiger partial charge in [-0.3, -0.25) is 4.90 Å². The maximum absolute atomic E-state index is 13.0. The van der Waals surface area contributed by atoms with Gasteiger partial charge in [-0.05, 0) is 42.3 Å². The monoisotopic (exact) mass is 322 g/mol. The molecule has 24 heavy (non-hydrogen) atoms. The fraction of sp³-hybridized carbons (Fsp3) is 0.158. The fourth-order valence-electron chi connectivity index (χ4n) is 2.85. The third-order valence-electron chi connectivity index (χ3n) is 4.10. The summed E-state index contributed by atoms with van der Waals surface area (Å²) < 4.78 is 18.4. The van der Waals surface area contributed by atoms with Crippen LogP contribution in [0.1, 0.15) is 16.7 Å². The van der Waals surface area contributed by atoms with E-state index in [2.05, 4.69) is 4.98 Å². The molecule has 1 amide bonds. The second-order valence-corrected chi connectivity index (χ2v) is 6.00. The van der Waals surface area contributed by atoms with Crippen molar-refractivity contribution in [1.82, 2.24) is 9.88 Å². The number of rotatable bonds is 2. The molecular formula is C19H15FN2O2. The van der Waals surface area contributed by atoms with E-state index in [0.717, 1.165) is 27.6 Å². The third kappa shape index (κ3) is 2.69. The zero-order valence-corrected chi connectivity index (χ0v) is 13.1. The summed E-state index contributed by atoms with van der Waals surface area (Å²) >= 11 is 0. The number of pyridine rings is 1. The van der Waals surface area contributed by atoms with Gasteiger partial charge in [0.2, 0.25) is 5.88 Å². The molecule has 0 unspecified atom stereocenters. The van der Waals surface area contributed by atoms with Crippen LogP contribution in [-0.2, 0) is 13.1 Å². The molecule has 3 aromatic rings. The van der Waals surface area contributed by atoms with Crippen molar-refractivity contribution in [2.75, 3.05) is 0 Å². The van der Waals surface area contributed by atoms with Crippen LogP contribution in [0.2, 0.25) is 0 Å². The topological polar surface area (TPSA) is 42.4 Å². The van der Waals surface area contributed by atoms with Crippen molar-refractivity contribution in [2.24, 2.45) is 0 Å². The van der Waals surface area contributed by atoms with Crippen LogP contribution in [-0.4, -0.2) is 16.0 Å². The summed E-state index contributed by atoms with van der Waals surface area (Å²) in [7, 11) is 0. The van der Waals surface area contributed by atoms with Crippen LogP contribution in [0.4, 0.5) is 9.18 Å². The number of amides is 1. The second-order valence-electron chi connectivity index (χ2n) is 6.00. The van der Waals surface area contributed by atoms with Crippen molar-refractivity contribution in [1.29, 1.82) is 0 Å². The maximum Gasteiger partial charge on any atom is 0.417 e. The minimum atomic E-state index is -0.439. The first kappa shape index (κ1) is 14.6. The van der Waals surface area contributed by atoms with Crippen LogP contribution >= 0.6 is 0 Å². The number of fused-ring (bicyclic) bond motifs is 2. The summed E-state index contributed by atoms with van der Waals surface area (Å²) in [6, 6.07) is 14.1. The van der Waals surface area contributed by atoms with Gasteiger partial charge < -0.3 is 4.74 Å². The number of aryl methyl sites for hydroxylation is 1. The molecule has 4 rings (SSSR count). The average Bonchev–Trinajstić information content (AvgIpc) is 2.56. The van der Waals surface area contributed by atoms with E-state index in [9.17, 15) is 9.18 Å². The summed E-state index contributed by atoms with van der Waals surface area (Å²) in [6.45, 7) is 2.78. The smallest absolute Gasteiger partial charge is 0.391 e. The van der Waals surface area contributed by atoms with E-state index in [1.807, 2.05) is 31.2 Å². The number of aromatic nitrogens is 1. The molecule has 0 atom stereocenters. The molecule has 0 saturated heterocycles. The number of carbonyl (C=O) groups excluding carboxylic acids is 1. The molecule has 4 nitrogen and oxygen atoms in total. The minimum Gasteiger partial charge on any atom is -0.391 e. The molecular weight excluding hydrogens is 307 g/mol. The number of carbonyl (C=O) groups is 1. The van der Waals surface area contributed by atoms with Crippen LogP contribution in [0.3, 0.4) is 0 Å². The van der Waals surface area contributed by atoms with Gasteiger partial charge in [0.15, 0.2) is 0 Å². The summed E-state index contributed by atoms with van der Waals surface area (Å²) in [6.07, 6.45) is -0.439. The molecule has 0 bridgehead atoms. The molecule has 1 aromatic heterocycles. The van der Waals surface area contributed by atoms with Crippen molar-refractivity contribution < 1.29 is 13.9 Å². The van der Waals surface area contributed by atoms with Crippen molar-refractivity contribution >= 4 is 17.0 Å². The van der Waals surface area contributed by atoms with E-state index in [0.29, 0.717) is 19.0 Å². The first-order valence-electron chi connectivity index (χ1n) is 7.70. The Kier molecular flexibility index (Phi) is 3.41. The van der Waals surface area contributed by atoms with Gasteiger partial charge >= 0.3 is 6.09 Å². The van der Waals surface area contributed by atoms with E-state index in [1.165, 1.54) is 12.1 Å². The Morgan fingerprint density at radius 2 is 1.96 bits per heavy atom. The maximum atomic E-state index is 13.0. The number of benzene rings is 2. The van der Waals surface area contributed by atoms with Crippen LogP contribution < -0.4 is 4.74 Å². The van der Waals surface area contributed by atoms with Crippen molar-refractivity contribution in [3.8, 4) is 5.88 Å². The molecule has 2 aromatic carbocycles. The molecule has 1 aliphatic rings. The minimum absolute atomic E-state index is 0.295. The van der Waals surface area contributed by atoms with Gasteiger partial charge in [-0.1, -0.05) is 24.3 Å². The van der Waals surface area contributed by atoms with E-state index in [4.69, 9.17) is 4.74 Å². The highest BCUT2D eigenvalue weighted by Gasteiger charge is 2.26. The molecule has 2 heterocycles. The lowest BCUT2D eigenvalue weighted by atomic mass is 10.1. The van der Waals surface area contributed by atoms with Crippen LogP contribution in [0.25, 0.3) is 10.9 Å². The molecule has 120 valence electrons. The molecule has 0 N–H and O–H groups in total. The molecule has 0 aliphatic carbocycles. The number of hydrogen-bond donors (Lipinski definition) is 0. The summed E-state index contributed by atoms with van der Waals surface area (Å²) in [4.78, 5) is 18.3. The van der Waals surface area contributed by atoms with Crippen molar-refractivity contribution in [3.05, 3.63) is 71.0 Å². The third-order valence-corrected chi connectivity index (χ3v) is 4.10. The van der Waals surface area contributed by atoms with Crippen LogP contribution in [0.15, 0.2) is 48.5 Å². The number of hydrogen-bond acceptors (Lipinski definition) is 3. The average molecular weight is 322 g/mol.